The van der Waals surface area contributed by atoms with Gasteiger partial charge in [0.2, 0.25) is 0 Å². The number of hydrogen-bond acceptors (Lipinski definition) is 9. The fourth-order valence-corrected chi connectivity index (χ4v) is 6.99. The van der Waals surface area contributed by atoms with Gasteiger partial charge in [0.05, 0.1) is 11.1 Å². The Morgan fingerprint density at radius 3 is 1.38 bits per heavy atom. The third kappa shape index (κ3) is 13.1. The Kier molecular flexibility index (Phi) is 14.6. The van der Waals surface area contributed by atoms with Crippen molar-refractivity contribution in [3.8, 4) is 11.5 Å². The third-order valence-electron chi connectivity index (χ3n) is 8.71. The fourth-order valence-electron chi connectivity index (χ4n) is 6.29. The highest BCUT2D eigenvalue weighted by molar-refractivity contribution is 7.52. The maximum absolute atomic E-state index is 12.8. The summed E-state index contributed by atoms with van der Waals surface area (Å²) < 4.78 is 22.7. The van der Waals surface area contributed by atoms with Gasteiger partial charge in [-0.15, -0.1) is 0 Å². The maximum atomic E-state index is 12.8. The lowest BCUT2D eigenvalue weighted by molar-refractivity contribution is 0.0946. The smallest absolute Gasteiger partial charge is 0.344 e. The third-order valence-corrected chi connectivity index (χ3v) is 9.85. The molecular formula is C35H49N5O10P2. The lowest BCUT2D eigenvalue weighted by Crippen LogP contribution is -2.36. The highest BCUT2D eigenvalue weighted by Crippen LogP contribution is 2.34. The number of phenols is 2. The maximum Gasteiger partial charge on any atom is 0.344 e. The molecule has 0 bridgehead atoms. The summed E-state index contributed by atoms with van der Waals surface area (Å²) in [5.41, 5.74) is 3.41. The zero-order chi connectivity index (χ0) is 38.1. The predicted molar refractivity (Wildman–Crippen MR) is 196 cm³/mol. The molecule has 0 atom stereocenters. The average Bonchev–Trinajstić information content (AvgIpc) is 3.10. The number of nitrogens with zero attached hydrogens (tertiary/aromatic N) is 3. The van der Waals surface area contributed by atoms with Crippen LogP contribution in [-0.2, 0) is 28.8 Å². The average molecular weight is 762 g/mol. The number of benzene rings is 3. The van der Waals surface area contributed by atoms with Crippen LogP contribution >= 0.6 is 15.2 Å². The number of carbonyl (C=O) groups is 2. The summed E-state index contributed by atoms with van der Waals surface area (Å²) >= 11 is 0. The van der Waals surface area contributed by atoms with Crippen molar-refractivity contribution in [1.82, 2.24) is 25.3 Å². The first kappa shape index (κ1) is 41.1. The Morgan fingerprint density at radius 1 is 0.615 bits per heavy atom. The quantitative estimate of drug-likeness (QED) is 0.125. The van der Waals surface area contributed by atoms with Crippen LogP contribution in [-0.4, -0.2) is 108 Å². The molecule has 1 aliphatic rings. The summed E-state index contributed by atoms with van der Waals surface area (Å²) in [6.07, 6.45) is -0.0698. The van der Waals surface area contributed by atoms with Gasteiger partial charge >= 0.3 is 15.2 Å². The summed E-state index contributed by atoms with van der Waals surface area (Å²) in [5.74, 6) is -2.11. The molecule has 0 saturated carbocycles. The number of nitrogens with one attached hydrogen (secondary N) is 2. The Morgan fingerprint density at radius 2 is 1.00 bits per heavy atom. The van der Waals surface area contributed by atoms with Gasteiger partial charge in [0.25, 0.3) is 11.8 Å². The van der Waals surface area contributed by atoms with E-state index >= 15 is 0 Å². The van der Waals surface area contributed by atoms with Crippen LogP contribution in [0.3, 0.4) is 0 Å². The molecule has 3 aromatic rings. The molecule has 0 spiro atoms. The van der Waals surface area contributed by atoms with Gasteiger partial charge in [0.1, 0.15) is 24.1 Å². The molecule has 1 heterocycles. The fraction of sp³-hybridized carbons (Fsp3) is 0.429. The van der Waals surface area contributed by atoms with E-state index in [-0.39, 0.29) is 22.6 Å². The van der Waals surface area contributed by atoms with Gasteiger partial charge in [-0.3, -0.25) is 33.4 Å². The number of rotatable bonds is 12. The molecule has 1 fully saturated rings. The molecule has 2 amide bonds. The van der Waals surface area contributed by atoms with E-state index in [9.17, 15) is 48.5 Å². The summed E-state index contributed by atoms with van der Waals surface area (Å²) in [5, 5.41) is 26.7. The second-order valence-electron chi connectivity index (χ2n) is 13.3. The zero-order valence-corrected chi connectivity index (χ0v) is 31.2. The molecule has 17 heteroatoms. The first-order chi connectivity index (χ1) is 24.5. The van der Waals surface area contributed by atoms with E-state index < -0.39 is 39.6 Å². The predicted octanol–water partition coefficient (Wildman–Crippen LogP) is 3.04. The molecule has 284 valence electrons. The largest absolute Gasteiger partial charge is 0.507 e. The van der Waals surface area contributed by atoms with E-state index in [0.717, 1.165) is 32.5 Å². The van der Waals surface area contributed by atoms with Gasteiger partial charge in [-0.25, -0.2) is 0 Å². The van der Waals surface area contributed by atoms with Crippen molar-refractivity contribution in [1.29, 1.82) is 0 Å². The number of aromatic hydroxyl groups is 2. The van der Waals surface area contributed by atoms with Crippen molar-refractivity contribution in [3.63, 3.8) is 0 Å². The summed E-state index contributed by atoms with van der Waals surface area (Å²) in [6, 6.07) is 16.7. The molecule has 0 aliphatic carbocycles. The van der Waals surface area contributed by atoms with Crippen molar-refractivity contribution in [2.45, 2.75) is 46.3 Å². The molecule has 3 aromatic carbocycles. The monoisotopic (exact) mass is 761 g/mol. The molecular weight excluding hydrogens is 712 g/mol. The van der Waals surface area contributed by atoms with E-state index in [1.807, 2.05) is 18.2 Å². The van der Waals surface area contributed by atoms with Gasteiger partial charge in [0, 0.05) is 43.9 Å². The van der Waals surface area contributed by atoms with Gasteiger partial charge < -0.3 is 40.4 Å². The first-order valence-electron chi connectivity index (χ1n) is 17.0. The van der Waals surface area contributed by atoms with Crippen molar-refractivity contribution in [2.75, 3.05) is 51.8 Å². The number of carbonyl (C=O) groups excluding carboxylic acids is 2. The topological polar surface area (TPSA) is 223 Å². The van der Waals surface area contributed by atoms with E-state index in [1.54, 1.807) is 26.0 Å². The van der Waals surface area contributed by atoms with Crippen molar-refractivity contribution >= 4 is 27.0 Å². The summed E-state index contributed by atoms with van der Waals surface area (Å²) in [6.45, 7) is 8.93. The van der Waals surface area contributed by atoms with Crippen LogP contribution < -0.4 is 10.6 Å². The second kappa shape index (κ2) is 18.4. The van der Waals surface area contributed by atoms with Gasteiger partial charge in [-0.1, -0.05) is 42.5 Å². The van der Waals surface area contributed by atoms with E-state index in [4.69, 9.17) is 0 Å². The van der Waals surface area contributed by atoms with E-state index in [2.05, 4.69) is 37.5 Å². The molecule has 15 nitrogen and oxygen atoms in total. The number of phenolic OH excluding ortho intramolecular Hbond substituents is 2. The lowest BCUT2D eigenvalue weighted by Gasteiger charge is -2.28. The Hall–Kier alpha value is -3.62. The molecule has 0 unspecified atom stereocenters. The minimum atomic E-state index is -4.50. The van der Waals surface area contributed by atoms with Crippen molar-refractivity contribution < 1.29 is 48.5 Å². The second-order valence-corrected chi connectivity index (χ2v) is 16.6. The highest BCUT2D eigenvalue weighted by atomic mass is 31.2. The molecule has 0 radical (unpaired) electrons. The Bertz CT molecular complexity index is 1690. The standard InChI is InChI=1S/C35H49N5O10P2/c1-25-16-28(32(41)30(18-25)34(43)36-23-51(45,46)47)21-39-12-6-10-38(20-27-8-4-3-5-9-27)11-7-13-40(15-14-39)22-29-17-26(2)19-31(33(29)42)35(44)37-24-52(48,49)50/h3-5,8-9,16-19,41-42H,6-7,10-15,20-24H2,1-2H3,(H,36,43)(H,37,44)(H2,45,46,47)(H2,48,49,50). The van der Waals surface area contributed by atoms with Gasteiger partial charge in [0.15, 0.2) is 0 Å². The van der Waals surface area contributed by atoms with Crippen LogP contribution in [0, 0.1) is 13.8 Å². The molecule has 1 aliphatic heterocycles. The summed E-state index contributed by atoms with van der Waals surface area (Å²) in [7, 11) is -9.01. The Labute approximate surface area is 303 Å². The molecule has 0 aromatic heterocycles. The first-order valence-corrected chi connectivity index (χ1v) is 20.6. The highest BCUT2D eigenvalue weighted by Gasteiger charge is 2.24. The van der Waals surface area contributed by atoms with Crippen LogP contribution in [0.5, 0.6) is 11.5 Å². The normalized spacial score (nSPS) is 15.9. The van der Waals surface area contributed by atoms with Crippen molar-refractivity contribution in [3.05, 3.63) is 93.5 Å². The molecule has 8 N–H and O–H groups in total. The molecule has 4 rings (SSSR count). The Balaban J connectivity index is 1.58. The van der Waals surface area contributed by atoms with Gasteiger partial charge in [-0.05, 0) is 81.7 Å². The van der Waals surface area contributed by atoms with Crippen LogP contribution in [0.4, 0.5) is 0 Å². The molecule has 52 heavy (non-hydrogen) atoms. The van der Waals surface area contributed by atoms with Crippen LogP contribution in [0.2, 0.25) is 0 Å². The lowest BCUT2D eigenvalue weighted by atomic mass is 10.0. The van der Waals surface area contributed by atoms with Crippen LogP contribution in [0.15, 0.2) is 54.6 Å². The van der Waals surface area contributed by atoms with E-state index in [0.29, 0.717) is 61.5 Å². The minimum Gasteiger partial charge on any atom is -0.507 e. The number of aryl methyl sites for hydroxylation is 2. The van der Waals surface area contributed by atoms with Crippen LogP contribution in [0.1, 0.15) is 61.4 Å². The van der Waals surface area contributed by atoms with Crippen LogP contribution in [0.25, 0.3) is 0 Å². The van der Waals surface area contributed by atoms with Gasteiger partial charge in [-0.2, -0.15) is 0 Å². The SMILES string of the molecule is Cc1cc(CN2CCCN(Cc3ccccc3)CCCN(Cc3cc(C)cc(C(=O)NCP(=O)(O)O)c3O)CC2)c(O)c(C(=O)NCP(=O)(O)O)c1. The minimum absolute atomic E-state index is 0.0764. The van der Waals surface area contributed by atoms with E-state index in [1.165, 1.54) is 17.7 Å². The number of hydrogen-bond donors (Lipinski definition) is 8. The molecule has 1 saturated heterocycles. The zero-order valence-electron chi connectivity index (χ0n) is 29.4. The number of amides is 2. The summed E-state index contributed by atoms with van der Waals surface area (Å²) in [4.78, 5) is 69.2. The van der Waals surface area contributed by atoms with Crippen molar-refractivity contribution in [2.24, 2.45) is 0 Å².